The largest absolute Gasteiger partial charge is 0.451 e. The first-order valence-electron chi connectivity index (χ1n) is 14.5. The van der Waals surface area contributed by atoms with Gasteiger partial charge in [0.15, 0.2) is 16.9 Å². The Morgan fingerprint density at radius 2 is 1.85 bits per heavy atom. The van der Waals surface area contributed by atoms with Gasteiger partial charge in [0.25, 0.3) is 5.91 Å². The summed E-state index contributed by atoms with van der Waals surface area (Å²) in [5.41, 5.74) is 8.43. The van der Waals surface area contributed by atoms with Gasteiger partial charge >= 0.3 is 5.97 Å². The molecule has 6 rings (SSSR count). The van der Waals surface area contributed by atoms with E-state index in [0.717, 1.165) is 28.0 Å². The van der Waals surface area contributed by atoms with Crippen molar-refractivity contribution in [1.82, 2.24) is 20.2 Å². The van der Waals surface area contributed by atoms with Gasteiger partial charge in [-0.15, -0.1) is 34.9 Å². The lowest BCUT2D eigenvalue weighted by Crippen LogP contribution is -2.75. The third kappa shape index (κ3) is 7.04. The minimum atomic E-state index is -1.13. The fourth-order valence-electron chi connectivity index (χ4n) is 5.21. The number of fused-ring (bicyclic) bond motifs is 1. The molecule has 0 saturated carbocycles. The first-order valence-corrected chi connectivity index (χ1v) is 17.3. The number of thioether (sulfide) groups is 2. The van der Waals surface area contributed by atoms with Crippen LogP contribution in [-0.4, -0.2) is 73.9 Å². The number of esters is 1. The van der Waals surface area contributed by atoms with Crippen LogP contribution in [0.1, 0.15) is 28.5 Å². The monoisotopic (exact) mass is 686 g/mol. The number of benzene rings is 2. The predicted octanol–water partition coefficient (Wildman–Crippen LogP) is 4.35. The van der Waals surface area contributed by atoms with Crippen molar-refractivity contribution in [3.63, 3.8) is 0 Å². The zero-order valence-corrected chi connectivity index (χ0v) is 27.5. The molecular weight excluding hydrogens is 657 g/mol. The van der Waals surface area contributed by atoms with Crippen LogP contribution in [0.4, 0.5) is 5.13 Å². The van der Waals surface area contributed by atoms with E-state index in [1.165, 1.54) is 30.6 Å². The van der Waals surface area contributed by atoms with Gasteiger partial charge < -0.3 is 25.5 Å². The number of nitrogen functional groups attached to an aromatic ring is 1. The fraction of sp³-hybridized carbons (Fsp3) is 0.212. The number of thiazole rings is 1. The number of aromatic nitrogens is 2. The molecule has 3 atom stereocenters. The van der Waals surface area contributed by atoms with E-state index in [1.54, 1.807) is 22.7 Å². The van der Waals surface area contributed by atoms with Crippen LogP contribution in [0.3, 0.4) is 0 Å². The number of hydrogen-bond donors (Lipinski definition) is 2. The summed E-state index contributed by atoms with van der Waals surface area (Å²) in [7, 11) is 1.31. The van der Waals surface area contributed by atoms with Crippen molar-refractivity contribution in [2.24, 2.45) is 5.16 Å². The number of rotatable bonds is 11. The molecule has 2 aliphatic heterocycles. The lowest BCUT2D eigenvalue weighted by atomic mass is 10.00. The molecule has 2 unspecified atom stereocenters. The van der Waals surface area contributed by atoms with Crippen molar-refractivity contribution in [2.45, 2.75) is 22.3 Å². The number of carbonyl (C=O) groups is 3. The predicted molar refractivity (Wildman–Crippen MR) is 184 cm³/mol. The molecule has 2 aromatic carbocycles. The van der Waals surface area contributed by atoms with E-state index in [2.05, 4.69) is 20.4 Å². The van der Waals surface area contributed by atoms with Gasteiger partial charge in [-0.3, -0.25) is 19.4 Å². The van der Waals surface area contributed by atoms with Crippen molar-refractivity contribution < 1.29 is 24.0 Å². The molecule has 0 aliphatic carbocycles. The minimum Gasteiger partial charge on any atom is -0.451 e. The highest BCUT2D eigenvalue weighted by Crippen LogP contribution is 2.46. The van der Waals surface area contributed by atoms with E-state index < -0.39 is 34.1 Å². The number of nitrogens with zero attached hydrogens (tertiary/aromatic N) is 4. The SMILES string of the molecule is CON=C(C(=O)NC1C(=O)N2CC(SC=Cc3cccnc3)(C(=O)OC(c3ccccc3)c3ccccc3)CS[C@H]12)c1csc(N)n1. The number of nitrogens with two attached hydrogens (primary N) is 1. The summed E-state index contributed by atoms with van der Waals surface area (Å²) in [5.74, 6) is -1.05. The average molecular weight is 687 g/mol. The van der Waals surface area contributed by atoms with Crippen molar-refractivity contribution in [2.75, 3.05) is 25.1 Å². The molecule has 0 spiro atoms. The van der Waals surface area contributed by atoms with Crippen molar-refractivity contribution in [1.29, 1.82) is 0 Å². The Bertz CT molecular complexity index is 1750. The quantitative estimate of drug-likeness (QED) is 0.101. The maximum Gasteiger partial charge on any atom is 0.326 e. The van der Waals surface area contributed by atoms with Crippen LogP contribution in [0.5, 0.6) is 0 Å². The molecule has 2 aliphatic rings. The van der Waals surface area contributed by atoms with Crippen molar-refractivity contribution in [3.05, 3.63) is 118 Å². The van der Waals surface area contributed by atoms with Crippen LogP contribution in [-0.2, 0) is 24.0 Å². The van der Waals surface area contributed by atoms with E-state index in [9.17, 15) is 14.4 Å². The molecule has 2 aromatic heterocycles. The van der Waals surface area contributed by atoms with Gasteiger partial charge in [0.05, 0.1) is 0 Å². The van der Waals surface area contributed by atoms with Gasteiger partial charge in [-0.25, -0.2) is 4.98 Å². The zero-order valence-electron chi connectivity index (χ0n) is 25.1. The van der Waals surface area contributed by atoms with Crippen LogP contribution in [0.25, 0.3) is 6.08 Å². The van der Waals surface area contributed by atoms with Gasteiger partial charge in [0, 0.05) is 30.1 Å². The Balaban J connectivity index is 1.23. The lowest BCUT2D eigenvalue weighted by Gasteiger charge is -2.53. The molecule has 4 heterocycles. The molecule has 14 heteroatoms. The van der Waals surface area contributed by atoms with Gasteiger partial charge in [-0.2, -0.15) is 0 Å². The highest BCUT2D eigenvalue weighted by Gasteiger charge is 2.58. The topological polar surface area (TPSA) is 149 Å². The number of hydrogen-bond acceptors (Lipinski definition) is 12. The third-order valence-electron chi connectivity index (χ3n) is 7.54. The second-order valence-electron chi connectivity index (χ2n) is 10.6. The molecule has 0 radical (unpaired) electrons. The summed E-state index contributed by atoms with van der Waals surface area (Å²) >= 11 is 3.88. The molecule has 11 nitrogen and oxygen atoms in total. The summed E-state index contributed by atoms with van der Waals surface area (Å²) in [6, 6.07) is 22.0. The molecule has 47 heavy (non-hydrogen) atoms. The Kier molecular flexibility index (Phi) is 9.90. The zero-order chi connectivity index (χ0) is 32.8. The maximum absolute atomic E-state index is 14.3. The summed E-state index contributed by atoms with van der Waals surface area (Å²) in [4.78, 5) is 55.8. The van der Waals surface area contributed by atoms with Crippen LogP contribution in [0.2, 0.25) is 0 Å². The molecule has 0 bridgehead atoms. The highest BCUT2D eigenvalue weighted by molar-refractivity contribution is 8.06. The number of amides is 2. The average Bonchev–Trinajstić information content (AvgIpc) is 3.54. The number of oxime groups is 1. The summed E-state index contributed by atoms with van der Waals surface area (Å²) in [5, 5.41) is 9.90. The second-order valence-corrected chi connectivity index (χ2v) is 13.9. The smallest absolute Gasteiger partial charge is 0.326 e. The van der Waals surface area contributed by atoms with Gasteiger partial charge in [0.2, 0.25) is 5.91 Å². The number of carbonyl (C=O) groups excluding carboxylic acids is 3. The first kappa shape index (κ1) is 32.3. The number of ether oxygens (including phenoxy) is 1. The normalized spacial score (nSPS) is 20.9. The van der Waals surface area contributed by atoms with Crippen LogP contribution < -0.4 is 11.1 Å². The van der Waals surface area contributed by atoms with E-state index in [1.807, 2.05) is 84.3 Å². The highest BCUT2D eigenvalue weighted by atomic mass is 32.2. The van der Waals surface area contributed by atoms with E-state index in [0.29, 0.717) is 5.75 Å². The van der Waals surface area contributed by atoms with E-state index in [-0.39, 0.29) is 29.0 Å². The first-order chi connectivity index (χ1) is 22.9. The standard InChI is InChI=1S/C33H30N6O5S3/c1-43-38-25(24-18-45-32(34)36-24)28(40)37-26-29(41)39-19-33(20-46-30(26)39,47-16-14-21-9-8-15-35-17-21)31(42)44-27(22-10-4-2-5-11-22)23-12-6-3-7-13-23/h2-18,26-27,30H,19-20H2,1H3,(H2,34,36)(H,37,40)/t26?,30-,33?/m1/s1. The molecular formula is C33H30N6O5S3. The fourth-order valence-corrected chi connectivity index (χ4v) is 8.46. The Hall–Kier alpha value is -4.66. The lowest BCUT2D eigenvalue weighted by molar-refractivity contribution is -0.155. The third-order valence-corrected chi connectivity index (χ3v) is 11.1. The Morgan fingerprint density at radius 3 is 2.47 bits per heavy atom. The summed E-state index contributed by atoms with van der Waals surface area (Å²) in [6.07, 6.45) is 4.64. The van der Waals surface area contributed by atoms with Crippen molar-refractivity contribution >= 4 is 69.6 Å². The van der Waals surface area contributed by atoms with Gasteiger partial charge in [0.1, 0.15) is 29.0 Å². The Labute approximate surface area is 283 Å². The Morgan fingerprint density at radius 1 is 1.13 bits per heavy atom. The number of nitrogens with one attached hydrogen (secondary N) is 1. The number of β-lactam (4-membered cyclic amide) rings is 1. The van der Waals surface area contributed by atoms with E-state index >= 15 is 0 Å². The molecule has 2 fully saturated rings. The number of pyridine rings is 1. The summed E-state index contributed by atoms with van der Waals surface area (Å²) in [6.45, 7) is 0.0920. The van der Waals surface area contributed by atoms with Crippen LogP contribution >= 0.6 is 34.9 Å². The molecule has 240 valence electrons. The van der Waals surface area contributed by atoms with Crippen molar-refractivity contribution in [3.8, 4) is 0 Å². The number of anilines is 1. The summed E-state index contributed by atoms with van der Waals surface area (Å²) < 4.78 is 5.21. The molecule has 2 saturated heterocycles. The van der Waals surface area contributed by atoms with E-state index in [4.69, 9.17) is 15.3 Å². The van der Waals surface area contributed by atoms with Gasteiger partial charge in [-0.1, -0.05) is 71.9 Å². The molecule has 4 aromatic rings. The minimum absolute atomic E-state index is 0.0885. The second kappa shape index (κ2) is 14.4. The molecule has 2 amide bonds. The molecule has 3 N–H and O–H groups in total. The van der Waals surface area contributed by atoms with Crippen LogP contribution in [0.15, 0.2) is 101 Å². The van der Waals surface area contributed by atoms with Gasteiger partial charge in [-0.05, 0) is 34.2 Å². The van der Waals surface area contributed by atoms with Crippen LogP contribution in [0, 0.1) is 0 Å². The maximum atomic E-state index is 14.3.